The Labute approximate surface area is 111 Å². The van der Waals surface area contributed by atoms with Crippen LogP contribution in [-0.2, 0) is 10.0 Å². The first kappa shape index (κ1) is 15.3. The minimum Gasteiger partial charge on any atom is -0.497 e. The SMILES string of the molecule is COc1ccc(S(=O)(=O)NCCN(C)C(=O)O)cc1. The first-order valence-corrected chi connectivity index (χ1v) is 6.93. The van der Waals surface area contributed by atoms with E-state index in [-0.39, 0.29) is 18.0 Å². The van der Waals surface area contributed by atoms with Gasteiger partial charge in [-0.2, -0.15) is 0 Å². The molecule has 1 aromatic carbocycles. The fourth-order valence-electron chi connectivity index (χ4n) is 1.28. The second kappa shape index (κ2) is 6.39. The molecule has 1 amide bonds. The van der Waals surface area contributed by atoms with Crippen LogP contribution in [0.15, 0.2) is 29.2 Å². The molecule has 106 valence electrons. The van der Waals surface area contributed by atoms with Crippen LogP contribution in [-0.4, -0.2) is 51.8 Å². The molecule has 0 saturated carbocycles. The van der Waals surface area contributed by atoms with Gasteiger partial charge in [-0.05, 0) is 24.3 Å². The number of nitrogens with one attached hydrogen (secondary N) is 1. The maximum absolute atomic E-state index is 11.9. The molecule has 0 aliphatic heterocycles. The second-order valence-corrected chi connectivity index (χ2v) is 5.54. The summed E-state index contributed by atoms with van der Waals surface area (Å²) < 4.78 is 31.0. The van der Waals surface area contributed by atoms with Crippen LogP contribution in [0.1, 0.15) is 0 Å². The van der Waals surface area contributed by atoms with Crippen molar-refractivity contribution >= 4 is 16.1 Å². The third kappa shape index (κ3) is 4.42. The molecule has 0 heterocycles. The van der Waals surface area contributed by atoms with Crippen molar-refractivity contribution in [2.45, 2.75) is 4.90 Å². The number of hydrogen-bond acceptors (Lipinski definition) is 4. The van der Waals surface area contributed by atoms with Crippen molar-refractivity contribution in [1.29, 1.82) is 0 Å². The van der Waals surface area contributed by atoms with E-state index in [9.17, 15) is 13.2 Å². The van der Waals surface area contributed by atoms with E-state index in [2.05, 4.69) is 4.72 Å². The van der Waals surface area contributed by atoms with Gasteiger partial charge in [-0.1, -0.05) is 0 Å². The van der Waals surface area contributed by atoms with Crippen LogP contribution < -0.4 is 9.46 Å². The molecule has 2 N–H and O–H groups in total. The fourth-order valence-corrected chi connectivity index (χ4v) is 2.30. The van der Waals surface area contributed by atoms with Crippen LogP contribution in [0.4, 0.5) is 4.79 Å². The van der Waals surface area contributed by atoms with Crippen molar-refractivity contribution in [3.05, 3.63) is 24.3 Å². The minimum atomic E-state index is -3.63. The molecule has 0 radical (unpaired) electrons. The van der Waals surface area contributed by atoms with Crippen molar-refractivity contribution in [2.75, 3.05) is 27.2 Å². The third-order valence-corrected chi connectivity index (χ3v) is 3.91. The maximum Gasteiger partial charge on any atom is 0.407 e. The fraction of sp³-hybridized carbons (Fsp3) is 0.364. The molecule has 1 aromatic rings. The molecule has 8 heteroatoms. The highest BCUT2D eigenvalue weighted by Crippen LogP contribution is 2.14. The van der Waals surface area contributed by atoms with E-state index in [1.807, 2.05) is 0 Å². The van der Waals surface area contributed by atoms with Crippen LogP contribution in [0.2, 0.25) is 0 Å². The topological polar surface area (TPSA) is 95.9 Å². The average molecular weight is 288 g/mol. The van der Waals surface area contributed by atoms with Gasteiger partial charge in [-0.15, -0.1) is 0 Å². The standard InChI is InChI=1S/C11H16N2O5S/c1-13(11(14)15)8-7-12-19(16,17)10-5-3-9(18-2)4-6-10/h3-6,12H,7-8H2,1-2H3,(H,14,15). The number of ether oxygens (including phenoxy) is 1. The summed E-state index contributed by atoms with van der Waals surface area (Å²) in [6.45, 7) is 0.0852. The Kier molecular flexibility index (Phi) is 5.13. The highest BCUT2D eigenvalue weighted by molar-refractivity contribution is 7.89. The minimum absolute atomic E-state index is 0.0111. The summed E-state index contributed by atoms with van der Waals surface area (Å²) in [5.41, 5.74) is 0. The van der Waals surface area contributed by atoms with Gasteiger partial charge in [0.05, 0.1) is 12.0 Å². The Bertz CT molecular complexity index is 527. The molecule has 0 aliphatic carbocycles. The molecule has 0 unspecified atom stereocenters. The van der Waals surface area contributed by atoms with Crippen LogP contribution in [0.3, 0.4) is 0 Å². The van der Waals surface area contributed by atoms with E-state index in [0.29, 0.717) is 5.75 Å². The number of sulfonamides is 1. The lowest BCUT2D eigenvalue weighted by atomic mass is 10.3. The van der Waals surface area contributed by atoms with Crippen LogP contribution in [0.5, 0.6) is 5.75 Å². The van der Waals surface area contributed by atoms with E-state index in [0.717, 1.165) is 4.90 Å². The number of carboxylic acid groups (broad SMARTS) is 1. The monoisotopic (exact) mass is 288 g/mol. The lowest BCUT2D eigenvalue weighted by molar-refractivity contribution is 0.157. The van der Waals surface area contributed by atoms with Crippen LogP contribution in [0, 0.1) is 0 Å². The first-order chi connectivity index (χ1) is 8.86. The van der Waals surface area contributed by atoms with Crippen molar-refractivity contribution in [1.82, 2.24) is 9.62 Å². The molecule has 0 aromatic heterocycles. The number of likely N-dealkylation sites (N-methyl/N-ethyl adjacent to an activating group) is 1. The number of carbonyl (C=O) groups is 1. The average Bonchev–Trinajstić information content (AvgIpc) is 2.38. The van der Waals surface area contributed by atoms with Crippen LogP contribution in [0.25, 0.3) is 0 Å². The number of benzene rings is 1. The molecular formula is C11H16N2O5S. The van der Waals surface area contributed by atoms with E-state index < -0.39 is 16.1 Å². The van der Waals surface area contributed by atoms with Gasteiger partial charge in [0.15, 0.2) is 0 Å². The number of methoxy groups -OCH3 is 1. The van der Waals surface area contributed by atoms with Crippen molar-refractivity contribution in [3.63, 3.8) is 0 Å². The molecule has 0 bridgehead atoms. The molecule has 0 spiro atoms. The highest BCUT2D eigenvalue weighted by atomic mass is 32.2. The zero-order valence-corrected chi connectivity index (χ0v) is 11.5. The van der Waals surface area contributed by atoms with Gasteiger partial charge in [-0.3, -0.25) is 0 Å². The Hall–Kier alpha value is -1.80. The number of nitrogens with zero attached hydrogens (tertiary/aromatic N) is 1. The van der Waals surface area contributed by atoms with Gasteiger partial charge in [-0.25, -0.2) is 17.9 Å². The number of hydrogen-bond donors (Lipinski definition) is 2. The Balaban J connectivity index is 2.62. The van der Waals surface area contributed by atoms with E-state index in [1.165, 1.54) is 38.4 Å². The van der Waals surface area contributed by atoms with Crippen molar-refractivity contribution in [3.8, 4) is 5.75 Å². The normalized spacial score (nSPS) is 11.1. The second-order valence-electron chi connectivity index (χ2n) is 3.78. The van der Waals surface area contributed by atoms with E-state index in [4.69, 9.17) is 9.84 Å². The summed E-state index contributed by atoms with van der Waals surface area (Å²) in [4.78, 5) is 11.6. The molecule has 0 saturated heterocycles. The first-order valence-electron chi connectivity index (χ1n) is 5.44. The molecule has 0 fully saturated rings. The van der Waals surface area contributed by atoms with Gasteiger partial charge in [0.1, 0.15) is 5.75 Å². The van der Waals surface area contributed by atoms with Crippen molar-refractivity contribution in [2.24, 2.45) is 0 Å². The molecule has 19 heavy (non-hydrogen) atoms. The van der Waals surface area contributed by atoms with E-state index >= 15 is 0 Å². The molecule has 1 rings (SSSR count). The Morgan fingerprint density at radius 2 is 1.95 bits per heavy atom. The molecule has 7 nitrogen and oxygen atoms in total. The zero-order valence-electron chi connectivity index (χ0n) is 10.7. The Morgan fingerprint density at radius 1 is 1.37 bits per heavy atom. The lowest BCUT2D eigenvalue weighted by Crippen LogP contribution is -2.35. The number of rotatable bonds is 6. The molecule has 0 aliphatic rings. The Morgan fingerprint density at radius 3 is 2.42 bits per heavy atom. The summed E-state index contributed by atoms with van der Waals surface area (Å²) in [6, 6.07) is 5.92. The van der Waals surface area contributed by atoms with Gasteiger partial charge < -0.3 is 14.7 Å². The van der Waals surface area contributed by atoms with Crippen LogP contribution >= 0.6 is 0 Å². The summed E-state index contributed by atoms with van der Waals surface area (Å²) in [5, 5.41) is 8.62. The maximum atomic E-state index is 11.9. The zero-order chi connectivity index (χ0) is 14.5. The molecular weight excluding hydrogens is 272 g/mol. The summed E-state index contributed by atoms with van der Waals surface area (Å²) in [7, 11) is -0.777. The summed E-state index contributed by atoms with van der Waals surface area (Å²) >= 11 is 0. The third-order valence-electron chi connectivity index (χ3n) is 2.44. The highest BCUT2D eigenvalue weighted by Gasteiger charge is 2.14. The lowest BCUT2D eigenvalue weighted by Gasteiger charge is -2.13. The predicted octanol–water partition coefficient (Wildman–Crippen LogP) is 0.583. The number of amides is 1. The summed E-state index contributed by atoms with van der Waals surface area (Å²) in [5.74, 6) is 0.560. The van der Waals surface area contributed by atoms with Gasteiger partial charge in [0.25, 0.3) is 0 Å². The van der Waals surface area contributed by atoms with Gasteiger partial charge >= 0.3 is 6.09 Å². The molecule has 0 atom stereocenters. The predicted molar refractivity (Wildman–Crippen MR) is 68.8 cm³/mol. The van der Waals surface area contributed by atoms with Gasteiger partial charge in [0, 0.05) is 20.1 Å². The smallest absolute Gasteiger partial charge is 0.407 e. The van der Waals surface area contributed by atoms with E-state index in [1.54, 1.807) is 0 Å². The largest absolute Gasteiger partial charge is 0.497 e. The quantitative estimate of drug-likeness (QED) is 0.798. The summed E-state index contributed by atoms with van der Waals surface area (Å²) in [6.07, 6.45) is -1.11. The van der Waals surface area contributed by atoms with Gasteiger partial charge in [0.2, 0.25) is 10.0 Å². The van der Waals surface area contributed by atoms with Crippen molar-refractivity contribution < 1.29 is 23.1 Å².